The number of nitrogens with two attached hydrogens (primary N) is 1. The van der Waals surface area contributed by atoms with Crippen molar-refractivity contribution < 1.29 is 0 Å². The predicted molar refractivity (Wildman–Crippen MR) is 86.0 cm³/mol. The minimum Gasteiger partial charge on any atom is -0.329 e. The molecule has 2 atom stereocenters. The molecule has 3 heteroatoms. The standard InChI is InChI=1S/C17H29N3/c1-13-7-5-8-14(2)17(13)16(11-18)20-10-6-9-15(12-20)19(3)4/h5,7-8,15-16H,6,9-12,18H2,1-4H3. The Hall–Kier alpha value is -0.900. The zero-order valence-electron chi connectivity index (χ0n) is 13.4. The Bertz CT molecular complexity index is 422. The average Bonchev–Trinajstić information content (AvgIpc) is 2.43. The SMILES string of the molecule is Cc1cccc(C)c1C(CN)N1CCCC(N(C)C)C1. The lowest BCUT2D eigenvalue weighted by molar-refractivity contribution is 0.0979. The number of rotatable bonds is 4. The van der Waals surface area contributed by atoms with E-state index in [1.54, 1.807) is 0 Å². The Morgan fingerprint density at radius 1 is 1.30 bits per heavy atom. The smallest absolute Gasteiger partial charge is 0.0476 e. The molecule has 0 amide bonds. The van der Waals surface area contributed by atoms with Gasteiger partial charge in [0.15, 0.2) is 0 Å². The van der Waals surface area contributed by atoms with Gasteiger partial charge >= 0.3 is 0 Å². The first-order chi connectivity index (χ1) is 9.54. The Balaban J connectivity index is 2.23. The van der Waals surface area contributed by atoms with E-state index >= 15 is 0 Å². The average molecular weight is 275 g/mol. The fraction of sp³-hybridized carbons (Fsp3) is 0.647. The molecule has 1 aromatic carbocycles. The molecule has 3 nitrogen and oxygen atoms in total. The molecule has 0 bridgehead atoms. The van der Waals surface area contributed by atoms with Gasteiger partial charge in [0, 0.05) is 25.2 Å². The molecular formula is C17H29N3. The highest BCUT2D eigenvalue weighted by atomic mass is 15.2. The molecule has 1 aliphatic rings. The molecule has 1 fully saturated rings. The molecule has 1 aromatic rings. The maximum Gasteiger partial charge on any atom is 0.0476 e. The molecule has 1 aliphatic heterocycles. The van der Waals surface area contributed by atoms with Crippen LogP contribution >= 0.6 is 0 Å². The van der Waals surface area contributed by atoms with Crippen LogP contribution < -0.4 is 5.73 Å². The highest BCUT2D eigenvalue weighted by Gasteiger charge is 2.28. The first-order valence-corrected chi connectivity index (χ1v) is 7.71. The summed E-state index contributed by atoms with van der Waals surface area (Å²) in [4.78, 5) is 4.94. The summed E-state index contributed by atoms with van der Waals surface area (Å²) in [6.07, 6.45) is 2.57. The predicted octanol–water partition coefficient (Wildman–Crippen LogP) is 2.33. The lowest BCUT2D eigenvalue weighted by Gasteiger charge is -2.41. The zero-order chi connectivity index (χ0) is 14.7. The molecular weight excluding hydrogens is 246 g/mol. The van der Waals surface area contributed by atoms with E-state index < -0.39 is 0 Å². The Kier molecular flexibility index (Phi) is 5.19. The van der Waals surface area contributed by atoms with Crippen LogP contribution in [0.25, 0.3) is 0 Å². The molecule has 1 saturated heterocycles. The van der Waals surface area contributed by atoms with E-state index in [1.807, 2.05) is 0 Å². The van der Waals surface area contributed by atoms with E-state index in [0.29, 0.717) is 18.6 Å². The minimum atomic E-state index is 0.360. The fourth-order valence-electron chi connectivity index (χ4n) is 3.49. The number of hydrogen-bond donors (Lipinski definition) is 1. The largest absolute Gasteiger partial charge is 0.329 e. The Labute approximate surface area is 123 Å². The van der Waals surface area contributed by atoms with Crippen molar-refractivity contribution >= 4 is 0 Å². The number of aryl methyl sites for hydroxylation is 2. The summed E-state index contributed by atoms with van der Waals surface area (Å²) in [5.74, 6) is 0. The summed E-state index contributed by atoms with van der Waals surface area (Å²) in [5.41, 5.74) is 10.3. The monoisotopic (exact) mass is 275 g/mol. The number of nitrogens with zero attached hydrogens (tertiary/aromatic N) is 2. The summed E-state index contributed by atoms with van der Waals surface area (Å²) in [6.45, 7) is 7.41. The van der Waals surface area contributed by atoms with Gasteiger partial charge in [-0.15, -0.1) is 0 Å². The number of benzene rings is 1. The van der Waals surface area contributed by atoms with E-state index in [-0.39, 0.29) is 0 Å². The van der Waals surface area contributed by atoms with Crippen molar-refractivity contribution in [1.29, 1.82) is 0 Å². The third-order valence-electron chi connectivity index (χ3n) is 4.70. The van der Waals surface area contributed by atoms with Gasteiger partial charge in [-0.1, -0.05) is 18.2 Å². The lowest BCUT2D eigenvalue weighted by atomic mass is 9.93. The molecule has 0 radical (unpaired) electrons. The van der Waals surface area contributed by atoms with Crippen molar-refractivity contribution in [3.05, 3.63) is 34.9 Å². The molecule has 112 valence electrons. The highest BCUT2D eigenvalue weighted by Crippen LogP contribution is 2.29. The van der Waals surface area contributed by atoms with Crippen LogP contribution in [-0.4, -0.2) is 49.6 Å². The summed E-state index contributed by atoms with van der Waals surface area (Å²) < 4.78 is 0. The van der Waals surface area contributed by atoms with Crippen LogP contribution in [0.15, 0.2) is 18.2 Å². The fourth-order valence-corrected chi connectivity index (χ4v) is 3.49. The van der Waals surface area contributed by atoms with Crippen LogP contribution in [0.1, 0.15) is 35.6 Å². The molecule has 1 heterocycles. The van der Waals surface area contributed by atoms with Crippen molar-refractivity contribution in [2.75, 3.05) is 33.7 Å². The third-order valence-corrected chi connectivity index (χ3v) is 4.70. The van der Waals surface area contributed by atoms with Gasteiger partial charge in [0.1, 0.15) is 0 Å². The van der Waals surface area contributed by atoms with E-state index in [2.05, 4.69) is 55.9 Å². The lowest BCUT2D eigenvalue weighted by Crippen LogP contribution is -2.48. The van der Waals surface area contributed by atoms with E-state index in [0.717, 1.165) is 6.54 Å². The van der Waals surface area contributed by atoms with Gasteiger partial charge in [0.25, 0.3) is 0 Å². The number of piperidine rings is 1. The van der Waals surface area contributed by atoms with Crippen molar-refractivity contribution in [3.8, 4) is 0 Å². The van der Waals surface area contributed by atoms with Crippen LogP contribution in [0, 0.1) is 13.8 Å². The van der Waals surface area contributed by atoms with Gasteiger partial charge in [-0.25, -0.2) is 0 Å². The third kappa shape index (κ3) is 3.22. The van der Waals surface area contributed by atoms with Crippen molar-refractivity contribution in [1.82, 2.24) is 9.80 Å². The summed E-state index contributed by atoms with van der Waals surface area (Å²) in [7, 11) is 4.37. The second-order valence-electron chi connectivity index (χ2n) is 6.31. The molecule has 20 heavy (non-hydrogen) atoms. The molecule has 2 rings (SSSR count). The normalized spacial score (nSPS) is 22.2. The van der Waals surface area contributed by atoms with Gasteiger partial charge in [-0.3, -0.25) is 4.90 Å². The topological polar surface area (TPSA) is 32.5 Å². The van der Waals surface area contributed by atoms with Gasteiger partial charge < -0.3 is 10.6 Å². The van der Waals surface area contributed by atoms with Crippen LogP contribution in [0.3, 0.4) is 0 Å². The van der Waals surface area contributed by atoms with E-state index in [4.69, 9.17) is 5.73 Å². The molecule has 0 spiro atoms. The van der Waals surface area contributed by atoms with Crippen LogP contribution in [-0.2, 0) is 0 Å². The molecule has 0 aliphatic carbocycles. The first-order valence-electron chi connectivity index (χ1n) is 7.71. The number of likely N-dealkylation sites (tertiary alicyclic amines) is 1. The van der Waals surface area contributed by atoms with Gasteiger partial charge in [-0.2, -0.15) is 0 Å². The minimum absolute atomic E-state index is 0.360. The molecule has 2 N–H and O–H groups in total. The van der Waals surface area contributed by atoms with Crippen molar-refractivity contribution in [3.63, 3.8) is 0 Å². The van der Waals surface area contributed by atoms with Crippen molar-refractivity contribution in [2.45, 2.75) is 38.8 Å². The molecule has 2 unspecified atom stereocenters. The molecule has 0 aromatic heterocycles. The Morgan fingerprint density at radius 3 is 2.50 bits per heavy atom. The van der Waals surface area contributed by atoms with Crippen molar-refractivity contribution in [2.24, 2.45) is 5.73 Å². The van der Waals surface area contributed by atoms with E-state index in [1.165, 1.54) is 36.1 Å². The van der Waals surface area contributed by atoms with Crippen LogP contribution in [0.4, 0.5) is 0 Å². The quantitative estimate of drug-likeness (QED) is 0.915. The molecule has 0 saturated carbocycles. The van der Waals surface area contributed by atoms with E-state index in [9.17, 15) is 0 Å². The maximum atomic E-state index is 6.14. The second-order valence-corrected chi connectivity index (χ2v) is 6.31. The van der Waals surface area contributed by atoms with Gasteiger partial charge in [0.05, 0.1) is 0 Å². The van der Waals surface area contributed by atoms with Crippen LogP contribution in [0.2, 0.25) is 0 Å². The summed E-state index contributed by atoms with van der Waals surface area (Å²) in [6, 6.07) is 7.57. The first kappa shape index (κ1) is 15.5. The van der Waals surface area contributed by atoms with Gasteiger partial charge in [-0.05, 0) is 64.0 Å². The highest BCUT2D eigenvalue weighted by molar-refractivity contribution is 5.36. The second kappa shape index (κ2) is 6.70. The van der Waals surface area contributed by atoms with Crippen LogP contribution in [0.5, 0.6) is 0 Å². The zero-order valence-corrected chi connectivity index (χ0v) is 13.4. The number of likely N-dealkylation sites (N-methyl/N-ethyl adjacent to an activating group) is 1. The maximum absolute atomic E-state index is 6.14. The summed E-state index contributed by atoms with van der Waals surface area (Å²) >= 11 is 0. The van der Waals surface area contributed by atoms with Gasteiger partial charge in [0.2, 0.25) is 0 Å². The Morgan fingerprint density at radius 2 is 1.95 bits per heavy atom. The number of hydrogen-bond acceptors (Lipinski definition) is 3. The summed E-state index contributed by atoms with van der Waals surface area (Å²) in [5, 5.41) is 0.